The molecule has 0 saturated carbocycles. The smallest absolute Gasteiger partial charge is 0.305 e. The normalized spacial score (nSPS) is 13.4. The molecule has 42 valence electrons. The highest BCUT2D eigenvalue weighted by molar-refractivity contribution is 5.67. The number of carboxylic acids is 1. The third-order valence-corrected chi connectivity index (χ3v) is 0.470. The van der Waals surface area contributed by atoms with Gasteiger partial charge in [-0.05, 0) is 6.92 Å². The molecular weight excluding hydrogens is 95.0 g/mol. The minimum Gasteiger partial charge on any atom is -0.481 e. The summed E-state index contributed by atoms with van der Waals surface area (Å²) < 4.78 is 0. The molecule has 0 aliphatic heterocycles. The Labute approximate surface area is 41.6 Å². The Morgan fingerprint density at radius 2 is 2.29 bits per heavy atom. The second kappa shape index (κ2) is 2.58. The summed E-state index contributed by atoms with van der Waals surface area (Å²) in [6.45, 7) is 1.44. The molecule has 0 aromatic carbocycles. The first-order valence-corrected chi connectivity index (χ1v) is 2.03. The van der Waals surface area contributed by atoms with Gasteiger partial charge < -0.3 is 10.2 Å². The Kier molecular flexibility index (Phi) is 2.37. The zero-order valence-corrected chi connectivity index (χ0v) is 4.09. The molecule has 7 heavy (non-hydrogen) atoms. The van der Waals surface area contributed by atoms with Crippen LogP contribution < -0.4 is 0 Å². The van der Waals surface area contributed by atoms with E-state index in [4.69, 9.17) is 10.2 Å². The number of carboxylic acid groups (broad SMARTS) is 1. The predicted octanol–water partition coefficient (Wildman–Crippen LogP) is -0.158. The molecule has 0 spiro atoms. The van der Waals surface area contributed by atoms with Gasteiger partial charge in [-0.15, -0.1) is 0 Å². The van der Waals surface area contributed by atoms with E-state index in [-0.39, 0.29) is 6.42 Å². The largest absolute Gasteiger partial charge is 0.481 e. The maximum absolute atomic E-state index is 9.65. The number of aliphatic hydroxyl groups is 1. The molecule has 0 bridgehead atoms. The molecule has 1 atom stereocenters. The first kappa shape index (κ1) is 6.43. The summed E-state index contributed by atoms with van der Waals surface area (Å²) in [5.41, 5.74) is 0. The molecule has 3 heteroatoms. The van der Waals surface area contributed by atoms with Crippen molar-refractivity contribution in [3.8, 4) is 0 Å². The maximum atomic E-state index is 9.65. The molecule has 0 aliphatic carbocycles. The molecule has 0 heterocycles. The lowest BCUT2D eigenvalue weighted by molar-refractivity contribution is -0.138. The van der Waals surface area contributed by atoms with E-state index in [9.17, 15) is 4.79 Å². The van der Waals surface area contributed by atoms with Crippen LogP contribution in [0.2, 0.25) is 0 Å². The Morgan fingerprint density at radius 3 is 2.29 bits per heavy atom. The van der Waals surface area contributed by atoms with Gasteiger partial charge in [0, 0.05) is 0 Å². The van der Waals surface area contributed by atoms with E-state index in [2.05, 4.69) is 0 Å². The van der Waals surface area contributed by atoms with Crippen LogP contribution in [0.15, 0.2) is 0 Å². The van der Waals surface area contributed by atoms with Crippen LogP contribution in [-0.2, 0) is 4.79 Å². The van der Waals surface area contributed by atoms with Crippen molar-refractivity contribution in [1.29, 1.82) is 0 Å². The molecule has 0 aromatic heterocycles. The van der Waals surface area contributed by atoms with E-state index >= 15 is 0 Å². The Morgan fingerprint density at radius 1 is 1.86 bits per heavy atom. The summed E-state index contributed by atoms with van der Waals surface area (Å²) in [6.07, 6.45) is -0.891. The molecule has 0 aliphatic rings. The van der Waals surface area contributed by atoms with Gasteiger partial charge in [-0.25, -0.2) is 0 Å². The monoisotopic (exact) mass is 103 g/mol. The van der Waals surface area contributed by atoms with Crippen LogP contribution >= 0.6 is 0 Å². The molecule has 0 radical (unpaired) electrons. The van der Waals surface area contributed by atoms with Gasteiger partial charge in [-0.2, -0.15) is 0 Å². The highest BCUT2D eigenvalue weighted by atomic mass is 16.3. The van der Waals surface area contributed by atoms with Gasteiger partial charge in [-0.1, -0.05) is 0 Å². The molecule has 0 fully saturated rings. The summed E-state index contributed by atoms with van der Waals surface area (Å²) in [5.74, 6) is -0.963. The number of aliphatic hydroxyl groups excluding tert-OH is 1. The maximum Gasteiger partial charge on any atom is 0.305 e. The van der Waals surface area contributed by atoms with E-state index in [1.54, 1.807) is 0 Å². The fourth-order valence-electron chi connectivity index (χ4n) is 0.253. The van der Waals surface area contributed by atoms with Gasteiger partial charge in [0.2, 0.25) is 0 Å². The standard InChI is InChI=1S/C4H8O3/c1-3(5)2-4(6)7/h3,5H,2H2,1H3,(H,6,7)/i4-1. The second-order valence-electron chi connectivity index (χ2n) is 1.45. The second-order valence-corrected chi connectivity index (χ2v) is 1.45. The Balaban J connectivity index is 3.13. The third kappa shape index (κ3) is 5.43. The molecule has 2 N–H and O–H groups in total. The summed E-state index contributed by atoms with van der Waals surface area (Å²) in [7, 11) is 0. The minimum absolute atomic E-state index is 0.167. The zero-order valence-electron chi connectivity index (χ0n) is 4.09. The van der Waals surface area contributed by atoms with Crippen LogP contribution in [0, 0.1) is 0 Å². The number of hydrogen-bond donors (Lipinski definition) is 2. The molecule has 0 saturated heterocycles. The average molecular weight is 103 g/mol. The van der Waals surface area contributed by atoms with E-state index in [1.165, 1.54) is 6.92 Å². The summed E-state index contributed by atoms with van der Waals surface area (Å²) >= 11 is 0. The van der Waals surface area contributed by atoms with Gasteiger partial charge in [0.05, 0.1) is 12.5 Å². The van der Waals surface area contributed by atoms with Gasteiger partial charge in [0.1, 0.15) is 0 Å². The van der Waals surface area contributed by atoms with Crippen LogP contribution in [0.5, 0.6) is 0 Å². The molecule has 0 amide bonds. The van der Waals surface area contributed by atoms with Crippen LogP contribution in [0.25, 0.3) is 0 Å². The third-order valence-electron chi connectivity index (χ3n) is 0.470. The number of rotatable bonds is 2. The van der Waals surface area contributed by atoms with Crippen molar-refractivity contribution in [3.63, 3.8) is 0 Å². The summed E-state index contributed by atoms with van der Waals surface area (Å²) in [5, 5.41) is 16.3. The van der Waals surface area contributed by atoms with E-state index < -0.39 is 12.1 Å². The first-order chi connectivity index (χ1) is 3.13. The van der Waals surface area contributed by atoms with E-state index in [0.29, 0.717) is 0 Å². The lowest BCUT2D eigenvalue weighted by Crippen LogP contribution is -2.07. The molecule has 0 rings (SSSR count). The number of carbonyl (C=O) groups is 1. The topological polar surface area (TPSA) is 57.5 Å². The SMILES string of the molecule is CC(O)C[11C](=O)O. The van der Waals surface area contributed by atoms with Gasteiger partial charge in [0.25, 0.3) is 0 Å². The molecular formula is C4H8O3. The minimum atomic E-state index is -0.963. The van der Waals surface area contributed by atoms with Crippen LogP contribution in [-0.4, -0.2) is 22.3 Å². The Hall–Kier alpha value is -0.570. The highest BCUT2D eigenvalue weighted by Crippen LogP contribution is 1.85. The molecule has 0 aromatic rings. The highest BCUT2D eigenvalue weighted by Gasteiger charge is 2.00. The van der Waals surface area contributed by atoms with Gasteiger partial charge >= 0.3 is 5.97 Å². The van der Waals surface area contributed by atoms with Gasteiger partial charge in [-0.3, -0.25) is 4.79 Å². The average Bonchev–Trinajstić information content (AvgIpc) is 1.27. The van der Waals surface area contributed by atoms with Crippen LogP contribution in [0.3, 0.4) is 0 Å². The van der Waals surface area contributed by atoms with E-state index in [0.717, 1.165) is 0 Å². The lowest BCUT2D eigenvalue weighted by atomic mass is 9.99. The molecule has 3 nitrogen and oxygen atoms in total. The first-order valence-electron chi connectivity index (χ1n) is 2.03. The Bertz CT molecular complexity index is 67.3. The summed E-state index contributed by atoms with van der Waals surface area (Å²) in [6, 6.07) is 0. The van der Waals surface area contributed by atoms with E-state index in [1.807, 2.05) is 0 Å². The fourth-order valence-corrected chi connectivity index (χ4v) is 0.253. The van der Waals surface area contributed by atoms with Crippen molar-refractivity contribution in [1.82, 2.24) is 0 Å². The number of hydrogen-bond acceptors (Lipinski definition) is 2. The van der Waals surface area contributed by atoms with Crippen molar-refractivity contribution in [2.24, 2.45) is 0 Å². The number of aliphatic carboxylic acids is 1. The van der Waals surface area contributed by atoms with Crippen LogP contribution in [0.1, 0.15) is 13.3 Å². The zero-order chi connectivity index (χ0) is 5.86. The van der Waals surface area contributed by atoms with Crippen molar-refractivity contribution >= 4 is 5.97 Å². The summed E-state index contributed by atoms with van der Waals surface area (Å²) in [4.78, 5) is 9.65. The quantitative estimate of drug-likeness (QED) is 0.510. The van der Waals surface area contributed by atoms with Crippen molar-refractivity contribution in [2.75, 3.05) is 0 Å². The van der Waals surface area contributed by atoms with Crippen molar-refractivity contribution in [2.45, 2.75) is 19.4 Å². The molecule has 1 unspecified atom stereocenters. The fraction of sp³-hybridized carbons (Fsp3) is 0.750. The van der Waals surface area contributed by atoms with Gasteiger partial charge in [0.15, 0.2) is 0 Å². The predicted molar refractivity (Wildman–Crippen MR) is 23.9 cm³/mol. The lowest BCUT2D eigenvalue weighted by Gasteiger charge is -1.94. The van der Waals surface area contributed by atoms with Crippen LogP contribution in [0.4, 0.5) is 0 Å². The van der Waals surface area contributed by atoms with Crippen molar-refractivity contribution in [3.05, 3.63) is 0 Å². The van der Waals surface area contributed by atoms with Crippen molar-refractivity contribution < 1.29 is 15.0 Å².